The van der Waals surface area contributed by atoms with Crippen molar-refractivity contribution >= 4 is 11.8 Å². The number of benzene rings is 1. The van der Waals surface area contributed by atoms with Gasteiger partial charge in [-0.3, -0.25) is 4.90 Å². The second kappa shape index (κ2) is 6.08. The zero-order chi connectivity index (χ0) is 14.0. The van der Waals surface area contributed by atoms with Crippen molar-refractivity contribution in [1.29, 1.82) is 0 Å². The highest BCUT2D eigenvalue weighted by atomic mass is 32.2. The molecule has 0 spiro atoms. The minimum atomic E-state index is 0.342. The summed E-state index contributed by atoms with van der Waals surface area (Å²) in [5, 5.41) is 0. The van der Waals surface area contributed by atoms with Gasteiger partial charge in [0.2, 0.25) is 0 Å². The number of aryl methyl sites for hydroxylation is 2. The highest BCUT2D eigenvalue weighted by molar-refractivity contribution is 8.00. The molecule has 1 aromatic rings. The van der Waals surface area contributed by atoms with E-state index in [0.29, 0.717) is 4.75 Å². The molecule has 2 nitrogen and oxygen atoms in total. The topological polar surface area (TPSA) is 29.3 Å². The van der Waals surface area contributed by atoms with E-state index in [1.54, 1.807) is 11.1 Å². The molecule has 1 aliphatic heterocycles. The zero-order valence-corrected chi connectivity index (χ0v) is 13.3. The summed E-state index contributed by atoms with van der Waals surface area (Å²) in [5.74, 6) is 0. The van der Waals surface area contributed by atoms with Crippen molar-refractivity contribution in [1.82, 2.24) is 4.90 Å². The first-order chi connectivity index (χ1) is 9.74. The third-order valence-corrected chi connectivity index (χ3v) is 6.58. The normalized spacial score (nSPS) is 21.9. The molecule has 1 aliphatic carbocycles. The van der Waals surface area contributed by atoms with Gasteiger partial charge in [-0.15, -0.1) is 0 Å². The molecule has 110 valence electrons. The summed E-state index contributed by atoms with van der Waals surface area (Å²) in [5.41, 5.74) is 10.6. The highest BCUT2D eigenvalue weighted by Crippen LogP contribution is 2.34. The van der Waals surface area contributed by atoms with E-state index in [0.717, 1.165) is 13.1 Å². The molecule has 2 aliphatic rings. The van der Waals surface area contributed by atoms with Gasteiger partial charge in [0, 0.05) is 17.8 Å². The Kier molecular flexibility index (Phi) is 4.39. The average Bonchev–Trinajstić information content (AvgIpc) is 2.96. The van der Waals surface area contributed by atoms with Gasteiger partial charge in [-0.25, -0.2) is 0 Å². The fraction of sp³-hybridized carbons (Fsp3) is 0.647. The minimum Gasteiger partial charge on any atom is -0.329 e. The number of thioether (sulfide) groups is 1. The molecule has 0 atom stereocenters. The van der Waals surface area contributed by atoms with Crippen molar-refractivity contribution in [3.8, 4) is 0 Å². The number of likely N-dealkylation sites (tertiary alicyclic amines) is 1. The van der Waals surface area contributed by atoms with Crippen LogP contribution in [0.3, 0.4) is 0 Å². The molecule has 0 bridgehead atoms. The van der Waals surface area contributed by atoms with Crippen LogP contribution in [0.2, 0.25) is 0 Å². The lowest BCUT2D eigenvalue weighted by Crippen LogP contribution is -2.46. The quantitative estimate of drug-likeness (QED) is 0.924. The third-order valence-electron chi connectivity index (χ3n) is 5.14. The van der Waals surface area contributed by atoms with Crippen LogP contribution < -0.4 is 5.73 Å². The zero-order valence-electron chi connectivity index (χ0n) is 12.5. The van der Waals surface area contributed by atoms with Crippen LogP contribution in [0.25, 0.3) is 0 Å². The molecule has 20 heavy (non-hydrogen) atoms. The Balaban J connectivity index is 1.60. The number of nitrogens with zero attached hydrogens (tertiary/aromatic N) is 1. The summed E-state index contributed by atoms with van der Waals surface area (Å²) >= 11 is 1.97. The van der Waals surface area contributed by atoms with Crippen molar-refractivity contribution in [3.63, 3.8) is 0 Å². The molecule has 0 radical (unpaired) electrons. The number of rotatable bonds is 4. The van der Waals surface area contributed by atoms with Gasteiger partial charge < -0.3 is 5.73 Å². The molecule has 0 saturated carbocycles. The van der Waals surface area contributed by atoms with Gasteiger partial charge in [0.15, 0.2) is 0 Å². The van der Waals surface area contributed by atoms with Crippen LogP contribution in [-0.2, 0) is 19.4 Å². The van der Waals surface area contributed by atoms with Gasteiger partial charge in [-0.2, -0.15) is 11.8 Å². The van der Waals surface area contributed by atoms with Gasteiger partial charge in [-0.1, -0.05) is 18.2 Å². The van der Waals surface area contributed by atoms with E-state index in [1.165, 1.54) is 50.8 Å². The molecule has 1 fully saturated rings. The summed E-state index contributed by atoms with van der Waals surface area (Å²) in [6.45, 7) is 4.31. The monoisotopic (exact) mass is 290 g/mol. The van der Waals surface area contributed by atoms with Crippen LogP contribution in [0.1, 0.15) is 36.0 Å². The Morgan fingerprint density at radius 2 is 1.95 bits per heavy atom. The highest BCUT2D eigenvalue weighted by Gasteiger charge is 2.32. The fourth-order valence-electron chi connectivity index (χ4n) is 3.59. The van der Waals surface area contributed by atoms with Crippen LogP contribution >= 0.6 is 11.8 Å². The van der Waals surface area contributed by atoms with Gasteiger partial charge in [-0.05, 0) is 68.1 Å². The molecule has 1 heterocycles. The summed E-state index contributed by atoms with van der Waals surface area (Å²) in [7, 11) is 0. The molecule has 0 amide bonds. The summed E-state index contributed by atoms with van der Waals surface area (Å²) < 4.78 is 0.342. The second-order valence-electron chi connectivity index (χ2n) is 6.32. The molecule has 0 unspecified atom stereocenters. The van der Waals surface area contributed by atoms with Crippen LogP contribution in [0.4, 0.5) is 0 Å². The largest absolute Gasteiger partial charge is 0.329 e. The van der Waals surface area contributed by atoms with Crippen molar-refractivity contribution in [2.24, 2.45) is 5.73 Å². The fourth-order valence-corrected chi connectivity index (χ4v) is 4.35. The first kappa shape index (κ1) is 14.4. The van der Waals surface area contributed by atoms with E-state index in [1.807, 2.05) is 11.8 Å². The Morgan fingerprint density at radius 3 is 2.65 bits per heavy atom. The third kappa shape index (κ3) is 2.90. The van der Waals surface area contributed by atoms with E-state index >= 15 is 0 Å². The molecule has 3 heteroatoms. The van der Waals surface area contributed by atoms with Gasteiger partial charge >= 0.3 is 0 Å². The number of hydrogen-bond donors (Lipinski definition) is 1. The number of fused-ring (bicyclic) bond motifs is 1. The maximum Gasteiger partial charge on any atom is 0.0303 e. The van der Waals surface area contributed by atoms with Crippen LogP contribution in [0, 0.1) is 0 Å². The first-order valence-electron chi connectivity index (χ1n) is 7.83. The molecule has 0 aromatic heterocycles. The van der Waals surface area contributed by atoms with E-state index in [2.05, 4.69) is 29.4 Å². The van der Waals surface area contributed by atoms with Gasteiger partial charge in [0.25, 0.3) is 0 Å². The second-order valence-corrected chi connectivity index (χ2v) is 7.60. The predicted molar refractivity (Wildman–Crippen MR) is 88.3 cm³/mol. The molecular weight excluding hydrogens is 264 g/mol. The maximum atomic E-state index is 5.97. The van der Waals surface area contributed by atoms with Crippen molar-refractivity contribution in [3.05, 3.63) is 34.9 Å². The molecule has 3 rings (SSSR count). The standard InChI is InChI=1S/C17H26N2S/c1-20-17(13-18)7-9-19(10-8-17)12-14-5-6-15-3-2-4-16(15)11-14/h5-6,11H,2-4,7-10,12-13,18H2,1H3. The molecule has 2 N–H and O–H groups in total. The van der Waals surface area contributed by atoms with E-state index < -0.39 is 0 Å². The first-order valence-corrected chi connectivity index (χ1v) is 9.05. The number of nitrogens with two attached hydrogens (primary N) is 1. The van der Waals surface area contributed by atoms with E-state index in [9.17, 15) is 0 Å². The van der Waals surface area contributed by atoms with Crippen LogP contribution in [-0.4, -0.2) is 35.5 Å². The Labute approximate surface area is 127 Å². The summed E-state index contributed by atoms with van der Waals surface area (Å²) in [6.07, 6.45) is 8.58. The molecular formula is C17H26N2S. The Bertz CT molecular complexity index is 458. The van der Waals surface area contributed by atoms with Crippen molar-refractivity contribution in [2.45, 2.75) is 43.4 Å². The molecule has 1 aromatic carbocycles. The van der Waals surface area contributed by atoms with Gasteiger partial charge in [0.1, 0.15) is 0 Å². The lowest BCUT2D eigenvalue weighted by molar-refractivity contribution is 0.195. The van der Waals surface area contributed by atoms with Crippen molar-refractivity contribution in [2.75, 3.05) is 25.9 Å². The SMILES string of the molecule is CSC1(CN)CCN(Cc2ccc3c(c2)CCC3)CC1. The maximum absolute atomic E-state index is 5.97. The minimum absolute atomic E-state index is 0.342. The Hall–Kier alpha value is -0.510. The Morgan fingerprint density at radius 1 is 1.20 bits per heavy atom. The molecule has 1 saturated heterocycles. The van der Waals surface area contributed by atoms with Gasteiger partial charge in [0.05, 0.1) is 0 Å². The lowest BCUT2D eigenvalue weighted by Gasteiger charge is -2.40. The predicted octanol–water partition coefficient (Wildman–Crippen LogP) is 2.83. The number of piperidine rings is 1. The summed E-state index contributed by atoms with van der Waals surface area (Å²) in [4.78, 5) is 2.60. The van der Waals surface area contributed by atoms with E-state index in [-0.39, 0.29) is 0 Å². The summed E-state index contributed by atoms with van der Waals surface area (Å²) in [6, 6.07) is 7.14. The number of hydrogen-bond acceptors (Lipinski definition) is 3. The smallest absolute Gasteiger partial charge is 0.0303 e. The average molecular weight is 290 g/mol. The lowest BCUT2D eigenvalue weighted by atomic mass is 9.95. The van der Waals surface area contributed by atoms with E-state index in [4.69, 9.17) is 5.73 Å². The van der Waals surface area contributed by atoms with Crippen molar-refractivity contribution < 1.29 is 0 Å². The van der Waals surface area contributed by atoms with Crippen LogP contribution in [0.15, 0.2) is 18.2 Å². The van der Waals surface area contributed by atoms with Crippen LogP contribution in [0.5, 0.6) is 0 Å².